The molecule has 1 rings (SSSR count). The van der Waals surface area contributed by atoms with Gasteiger partial charge in [-0.2, -0.15) is 0 Å². The lowest BCUT2D eigenvalue weighted by molar-refractivity contribution is 0.591. The molecule has 1 aliphatic heterocycles. The zero-order chi connectivity index (χ0) is 10.9. The molecule has 0 saturated heterocycles. The number of hydrogen-bond acceptors (Lipinski definition) is 1. The van der Waals surface area contributed by atoms with Crippen LogP contribution < -0.4 is 0 Å². The van der Waals surface area contributed by atoms with Gasteiger partial charge in [0.1, 0.15) is 0 Å². The Labute approximate surface area is 89.5 Å². The van der Waals surface area contributed by atoms with Crippen LogP contribution in [0.2, 0.25) is 19.4 Å². The second-order valence-electron chi connectivity index (χ2n) is 4.56. The average molecular weight is 208 g/mol. The molecular formula is C11H21BOSi. The minimum atomic E-state index is -1.62. The van der Waals surface area contributed by atoms with Gasteiger partial charge in [0.05, 0.1) is 0 Å². The Balaban J connectivity index is 3.16. The maximum Gasteiger partial charge on any atom is 0.311 e. The van der Waals surface area contributed by atoms with Gasteiger partial charge in [-0.05, 0) is 38.0 Å². The van der Waals surface area contributed by atoms with Crippen molar-refractivity contribution < 1.29 is 4.34 Å². The molecule has 1 nitrogen and oxygen atoms in total. The van der Waals surface area contributed by atoms with Gasteiger partial charge in [0, 0.05) is 0 Å². The molecule has 0 bridgehead atoms. The van der Waals surface area contributed by atoms with E-state index in [2.05, 4.69) is 40.4 Å². The summed E-state index contributed by atoms with van der Waals surface area (Å²) in [6.45, 7) is 15.6. The fraction of sp³-hybridized carbons (Fsp3) is 0.636. The lowest BCUT2D eigenvalue weighted by Gasteiger charge is -2.21. The molecular weight excluding hydrogens is 187 g/mol. The lowest BCUT2D eigenvalue weighted by Crippen LogP contribution is -2.32. The molecule has 1 aliphatic rings. The van der Waals surface area contributed by atoms with Crippen LogP contribution in [0.5, 0.6) is 0 Å². The van der Waals surface area contributed by atoms with Gasteiger partial charge in [0.25, 0.3) is 0 Å². The zero-order valence-electron chi connectivity index (χ0n) is 10.1. The summed E-state index contributed by atoms with van der Waals surface area (Å²) in [6.07, 6.45) is 2.20. The molecule has 0 aromatic carbocycles. The molecule has 0 aliphatic carbocycles. The molecule has 0 radical (unpaired) electrons. The highest BCUT2D eigenvalue weighted by atomic mass is 28.4. The van der Waals surface area contributed by atoms with E-state index in [1.807, 2.05) is 0 Å². The van der Waals surface area contributed by atoms with Crippen LogP contribution in [-0.4, -0.2) is 15.2 Å². The van der Waals surface area contributed by atoms with Crippen LogP contribution in [0.25, 0.3) is 0 Å². The molecule has 78 valence electrons. The highest BCUT2D eigenvalue weighted by Crippen LogP contribution is 2.37. The Morgan fingerprint density at radius 2 is 2.00 bits per heavy atom. The molecule has 1 heterocycles. The van der Waals surface area contributed by atoms with Crippen molar-refractivity contribution >= 4 is 15.2 Å². The number of allylic oxidation sites excluding steroid dienone is 3. The van der Waals surface area contributed by atoms with Gasteiger partial charge in [-0.25, -0.2) is 0 Å². The van der Waals surface area contributed by atoms with Crippen LogP contribution in [0.1, 0.15) is 27.2 Å². The highest BCUT2D eigenvalue weighted by Gasteiger charge is 2.42. The lowest BCUT2D eigenvalue weighted by atomic mass is 9.57. The Bertz CT molecular complexity index is 281. The molecule has 0 atom stereocenters. The van der Waals surface area contributed by atoms with Crippen molar-refractivity contribution in [3.8, 4) is 0 Å². The van der Waals surface area contributed by atoms with Crippen LogP contribution in [0, 0.1) is 0 Å². The van der Waals surface area contributed by atoms with E-state index in [-0.39, 0.29) is 0 Å². The first-order valence-electron chi connectivity index (χ1n) is 5.51. The fourth-order valence-corrected chi connectivity index (χ4v) is 5.83. The third-order valence-corrected chi connectivity index (χ3v) is 5.75. The van der Waals surface area contributed by atoms with Crippen molar-refractivity contribution in [2.75, 3.05) is 0 Å². The largest absolute Gasteiger partial charge is 0.470 e. The quantitative estimate of drug-likeness (QED) is 0.644. The van der Waals surface area contributed by atoms with Gasteiger partial charge in [0.2, 0.25) is 8.32 Å². The summed E-state index contributed by atoms with van der Waals surface area (Å²) in [5.41, 5.74) is 2.73. The van der Waals surface area contributed by atoms with Crippen molar-refractivity contribution in [3.63, 3.8) is 0 Å². The Morgan fingerprint density at radius 1 is 1.43 bits per heavy atom. The van der Waals surface area contributed by atoms with Crippen molar-refractivity contribution in [1.29, 1.82) is 0 Å². The minimum absolute atomic E-state index is 0.369. The summed E-state index contributed by atoms with van der Waals surface area (Å²) in [6, 6.07) is 0. The predicted octanol–water partition coefficient (Wildman–Crippen LogP) is 3.59. The Kier molecular flexibility index (Phi) is 3.43. The maximum atomic E-state index is 6.18. The van der Waals surface area contributed by atoms with E-state index < -0.39 is 8.32 Å². The van der Waals surface area contributed by atoms with Gasteiger partial charge in [-0.1, -0.05) is 31.5 Å². The van der Waals surface area contributed by atoms with E-state index >= 15 is 0 Å². The highest BCUT2D eigenvalue weighted by molar-refractivity contribution is 6.91. The van der Waals surface area contributed by atoms with Crippen LogP contribution in [0.4, 0.5) is 0 Å². The first-order valence-corrected chi connectivity index (χ1v) is 8.42. The second kappa shape index (κ2) is 4.07. The summed E-state index contributed by atoms with van der Waals surface area (Å²) >= 11 is 0. The molecule has 0 amide bonds. The molecule has 14 heavy (non-hydrogen) atoms. The fourth-order valence-electron chi connectivity index (χ4n) is 2.56. The zero-order valence-corrected chi connectivity index (χ0v) is 11.1. The van der Waals surface area contributed by atoms with Crippen molar-refractivity contribution in [3.05, 3.63) is 22.8 Å². The molecule has 0 saturated carbocycles. The van der Waals surface area contributed by atoms with Gasteiger partial charge >= 0.3 is 6.92 Å². The summed E-state index contributed by atoms with van der Waals surface area (Å²) in [7, 11) is -1.62. The third-order valence-electron chi connectivity index (χ3n) is 2.93. The molecule has 0 N–H and O–H groups in total. The van der Waals surface area contributed by atoms with Crippen molar-refractivity contribution in [2.45, 2.75) is 46.6 Å². The summed E-state index contributed by atoms with van der Waals surface area (Å²) in [5, 5.41) is 1.48. The van der Waals surface area contributed by atoms with E-state index in [1.165, 1.54) is 16.2 Å². The number of rotatable bonds is 3. The SMILES string of the molecule is C=C(C)C1=C(CC)B(CC)O[Si]1(C)C. The first-order chi connectivity index (χ1) is 6.44. The van der Waals surface area contributed by atoms with Gasteiger partial charge in [-0.15, -0.1) is 0 Å². The molecule has 0 unspecified atom stereocenters. The van der Waals surface area contributed by atoms with E-state index in [4.69, 9.17) is 4.34 Å². The topological polar surface area (TPSA) is 9.23 Å². The number of hydrogen-bond donors (Lipinski definition) is 0. The summed E-state index contributed by atoms with van der Waals surface area (Å²) in [4.78, 5) is 0. The van der Waals surface area contributed by atoms with Gasteiger partial charge in [0.15, 0.2) is 0 Å². The van der Waals surface area contributed by atoms with E-state index in [1.54, 1.807) is 0 Å². The van der Waals surface area contributed by atoms with Crippen LogP contribution in [-0.2, 0) is 4.34 Å². The normalized spacial score (nSPS) is 20.5. The average Bonchev–Trinajstić information content (AvgIpc) is 2.35. The van der Waals surface area contributed by atoms with E-state index in [9.17, 15) is 0 Å². The summed E-state index contributed by atoms with van der Waals surface area (Å²) in [5.74, 6) is 0. The third kappa shape index (κ3) is 1.89. The monoisotopic (exact) mass is 208 g/mol. The van der Waals surface area contributed by atoms with Crippen LogP contribution in [0.3, 0.4) is 0 Å². The van der Waals surface area contributed by atoms with Gasteiger partial charge in [-0.3, -0.25) is 0 Å². The van der Waals surface area contributed by atoms with Gasteiger partial charge < -0.3 is 4.34 Å². The first kappa shape index (κ1) is 11.8. The Hall–Kier alpha value is -0.278. The predicted molar refractivity (Wildman–Crippen MR) is 66.9 cm³/mol. The molecule has 0 aromatic heterocycles. The van der Waals surface area contributed by atoms with Crippen LogP contribution in [0.15, 0.2) is 22.8 Å². The Morgan fingerprint density at radius 3 is 2.36 bits per heavy atom. The van der Waals surface area contributed by atoms with Crippen molar-refractivity contribution in [1.82, 2.24) is 0 Å². The molecule has 0 spiro atoms. The minimum Gasteiger partial charge on any atom is -0.470 e. The van der Waals surface area contributed by atoms with E-state index in [0.717, 1.165) is 12.7 Å². The standard InChI is InChI=1S/C11H21BOSi/c1-7-10-11(9(3)4)14(5,6)13-12(10)8-2/h3,7-8H2,1-2,4-6H3. The van der Waals surface area contributed by atoms with E-state index in [0.29, 0.717) is 6.92 Å². The summed E-state index contributed by atoms with van der Waals surface area (Å²) < 4.78 is 6.18. The maximum absolute atomic E-state index is 6.18. The molecule has 0 aromatic rings. The smallest absolute Gasteiger partial charge is 0.311 e. The van der Waals surface area contributed by atoms with Crippen molar-refractivity contribution in [2.24, 2.45) is 0 Å². The molecule has 0 fully saturated rings. The molecule has 3 heteroatoms. The second-order valence-corrected chi connectivity index (χ2v) is 8.32. The van der Waals surface area contributed by atoms with Crippen LogP contribution >= 0.6 is 0 Å².